The quantitative estimate of drug-likeness (QED) is 0.649. The number of rotatable bonds is 7. The van der Waals surface area contributed by atoms with Crippen LogP contribution in [0.15, 0.2) is 47.4 Å². The topological polar surface area (TPSA) is 97.0 Å². The van der Waals surface area contributed by atoms with Gasteiger partial charge in [0.05, 0.1) is 41.5 Å². The number of halogens is 1. The highest BCUT2D eigenvalue weighted by Gasteiger charge is 2.32. The smallest absolute Gasteiger partial charge is 0.243 e. The van der Waals surface area contributed by atoms with Gasteiger partial charge >= 0.3 is 0 Å². The number of methoxy groups -OCH3 is 1. The zero-order chi connectivity index (χ0) is 22.6. The van der Waals surface area contributed by atoms with E-state index in [1.807, 2.05) is 13.8 Å². The van der Waals surface area contributed by atoms with E-state index in [0.717, 1.165) is 0 Å². The minimum Gasteiger partial charge on any atom is -0.493 e. The summed E-state index contributed by atoms with van der Waals surface area (Å²) in [6.07, 6.45) is -0.328. The fourth-order valence-corrected chi connectivity index (χ4v) is 5.26. The first-order valence-corrected chi connectivity index (χ1v) is 11.6. The fourth-order valence-electron chi connectivity index (χ4n) is 3.42. The van der Waals surface area contributed by atoms with Crippen molar-refractivity contribution in [1.82, 2.24) is 4.31 Å². The van der Waals surface area contributed by atoms with Crippen LogP contribution in [-0.4, -0.2) is 57.6 Å². The van der Waals surface area contributed by atoms with E-state index in [1.165, 1.54) is 23.5 Å². The normalized spacial score (nSPS) is 19.6. The van der Waals surface area contributed by atoms with Crippen molar-refractivity contribution in [3.8, 4) is 5.75 Å². The lowest BCUT2D eigenvalue weighted by Gasteiger charge is -2.34. The third kappa shape index (κ3) is 5.68. The largest absolute Gasteiger partial charge is 0.493 e. The molecule has 3 rings (SSSR count). The van der Waals surface area contributed by atoms with Gasteiger partial charge in [-0.1, -0.05) is 17.7 Å². The Morgan fingerprint density at radius 3 is 2.42 bits per heavy atom. The minimum absolute atomic E-state index is 0.0136. The van der Waals surface area contributed by atoms with Gasteiger partial charge in [-0.05, 0) is 50.2 Å². The number of morpholine rings is 1. The molecule has 2 aromatic rings. The molecule has 10 heteroatoms. The Labute approximate surface area is 187 Å². The molecule has 1 saturated heterocycles. The van der Waals surface area contributed by atoms with E-state index in [1.54, 1.807) is 30.3 Å². The predicted octanol–water partition coefficient (Wildman–Crippen LogP) is 3.20. The summed E-state index contributed by atoms with van der Waals surface area (Å²) in [5, 5.41) is 6.15. The number of carbonyl (C=O) groups is 1. The van der Waals surface area contributed by atoms with Gasteiger partial charge in [-0.15, -0.1) is 0 Å². The predicted molar refractivity (Wildman–Crippen MR) is 120 cm³/mol. The number of para-hydroxylation sites is 1. The first-order chi connectivity index (χ1) is 14.7. The SMILES string of the molecule is COc1c(Cl)cccc1NCC(=O)Nc1ccc(S(=O)(=O)N2CC(C)OC(C)C2)cc1. The number of hydrogen-bond donors (Lipinski definition) is 2. The van der Waals surface area contributed by atoms with Crippen LogP contribution in [0.1, 0.15) is 13.8 Å². The molecule has 0 radical (unpaired) electrons. The lowest BCUT2D eigenvalue weighted by Crippen LogP contribution is -2.48. The zero-order valence-corrected chi connectivity index (χ0v) is 19.2. The van der Waals surface area contributed by atoms with Gasteiger partial charge in [-0.2, -0.15) is 4.31 Å². The molecule has 0 aliphatic carbocycles. The Kier molecular flexibility index (Phi) is 7.42. The summed E-state index contributed by atoms with van der Waals surface area (Å²) < 4.78 is 38.1. The number of anilines is 2. The van der Waals surface area contributed by atoms with Crippen molar-refractivity contribution in [2.24, 2.45) is 0 Å². The second kappa shape index (κ2) is 9.86. The van der Waals surface area contributed by atoms with Crippen LogP contribution >= 0.6 is 11.6 Å². The van der Waals surface area contributed by atoms with Crippen LogP contribution in [-0.2, 0) is 19.6 Å². The molecule has 2 unspecified atom stereocenters. The molecule has 1 heterocycles. The number of benzene rings is 2. The Balaban J connectivity index is 1.61. The van der Waals surface area contributed by atoms with Crippen molar-refractivity contribution in [3.05, 3.63) is 47.5 Å². The van der Waals surface area contributed by atoms with Gasteiger partial charge in [-0.3, -0.25) is 4.79 Å². The molecule has 0 spiro atoms. The van der Waals surface area contributed by atoms with Crippen LogP contribution in [0.25, 0.3) is 0 Å². The molecule has 1 amide bonds. The van der Waals surface area contributed by atoms with Gasteiger partial charge in [-0.25, -0.2) is 8.42 Å². The lowest BCUT2D eigenvalue weighted by atomic mass is 10.3. The molecule has 0 bridgehead atoms. The fraction of sp³-hybridized carbons (Fsp3) is 0.381. The second-order valence-electron chi connectivity index (χ2n) is 7.33. The van der Waals surface area contributed by atoms with Gasteiger partial charge in [0, 0.05) is 18.8 Å². The summed E-state index contributed by atoms with van der Waals surface area (Å²) in [4.78, 5) is 12.5. The maximum Gasteiger partial charge on any atom is 0.243 e. The van der Waals surface area contributed by atoms with Gasteiger partial charge in [0.1, 0.15) is 0 Å². The second-order valence-corrected chi connectivity index (χ2v) is 9.67. The van der Waals surface area contributed by atoms with E-state index in [0.29, 0.717) is 35.2 Å². The molecule has 0 saturated carbocycles. The Morgan fingerprint density at radius 2 is 1.81 bits per heavy atom. The van der Waals surface area contributed by atoms with E-state index >= 15 is 0 Å². The molecular weight excluding hydrogens is 442 g/mol. The number of nitrogens with one attached hydrogen (secondary N) is 2. The van der Waals surface area contributed by atoms with Crippen LogP contribution in [0.2, 0.25) is 5.02 Å². The van der Waals surface area contributed by atoms with Gasteiger partial charge < -0.3 is 20.1 Å². The van der Waals surface area contributed by atoms with Gasteiger partial charge in [0.2, 0.25) is 15.9 Å². The van der Waals surface area contributed by atoms with Crippen LogP contribution < -0.4 is 15.4 Å². The molecular formula is C21H26ClN3O5S. The number of sulfonamides is 1. The summed E-state index contributed by atoms with van der Waals surface area (Å²) in [6, 6.07) is 11.3. The number of ether oxygens (including phenoxy) is 2. The molecule has 1 aliphatic rings. The Hall–Kier alpha value is -2.33. The molecule has 1 fully saturated rings. The summed E-state index contributed by atoms with van der Waals surface area (Å²) in [7, 11) is -2.13. The van der Waals surface area contributed by atoms with Crippen LogP contribution in [0.3, 0.4) is 0 Å². The molecule has 1 aliphatic heterocycles. The van der Waals surface area contributed by atoms with Crippen molar-refractivity contribution in [2.45, 2.75) is 31.0 Å². The molecule has 2 aromatic carbocycles. The highest BCUT2D eigenvalue weighted by molar-refractivity contribution is 7.89. The van der Waals surface area contributed by atoms with Crippen LogP contribution in [0, 0.1) is 0 Å². The highest BCUT2D eigenvalue weighted by atomic mass is 35.5. The lowest BCUT2D eigenvalue weighted by molar-refractivity contribution is -0.114. The first-order valence-electron chi connectivity index (χ1n) is 9.82. The maximum absolute atomic E-state index is 12.9. The third-order valence-electron chi connectivity index (χ3n) is 4.77. The number of nitrogens with zero attached hydrogens (tertiary/aromatic N) is 1. The monoisotopic (exact) mass is 467 g/mol. The van der Waals surface area contributed by atoms with E-state index < -0.39 is 10.0 Å². The molecule has 168 valence electrons. The zero-order valence-electron chi connectivity index (χ0n) is 17.6. The Morgan fingerprint density at radius 1 is 1.16 bits per heavy atom. The average molecular weight is 468 g/mol. The summed E-state index contributed by atoms with van der Waals surface area (Å²) >= 11 is 6.07. The summed E-state index contributed by atoms with van der Waals surface area (Å²) in [6.45, 7) is 4.31. The van der Waals surface area contributed by atoms with Crippen molar-refractivity contribution in [1.29, 1.82) is 0 Å². The molecule has 2 atom stereocenters. The summed E-state index contributed by atoms with van der Waals surface area (Å²) in [5.41, 5.74) is 1.09. The Bertz CT molecular complexity index is 1020. The van der Waals surface area contributed by atoms with Crippen LogP contribution in [0.4, 0.5) is 11.4 Å². The number of carbonyl (C=O) groups excluding carboxylic acids is 1. The average Bonchev–Trinajstić information content (AvgIpc) is 2.72. The molecule has 8 nitrogen and oxygen atoms in total. The first kappa shape index (κ1) is 23.3. The number of amides is 1. The highest BCUT2D eigenvalue weighted by Crippen LogP contribution is 2.32. The van der Waals surface area contributed by atoms with Crippen molar-refractivity contribution < 1.29 is 22.7 Å². The van der Waals surface area contributed by atoms with E-state index in [9.17, 15) is 13.2 Å². The molecule has 31 heavy (non-hydrogen) atoms. The molecule has 0 aromatic heterocycles. The standard InChI is InChI=1S/C21H26ClN3O5S/c1-14-12-25(13-15(2)30-14)31(27,28)17-9-7-16(8-10-17)24-20(26)11-23-19-6-4-5-18(22)21(19)29-3/h4-10,14-15,23H,11-13H2,1-3H3,(H,24,26). The van der Waals surface area contributed by atoms with Crippen molar-refractivity contribution in [2.75, 3.05) is 37.4 Å². The number of hydrogen-bond acceptors (Lipinski definition) is 6. The van der Waals surface area contributed by atoms with Crippen molar-refractivity contribution >= 4 is 38.9 Å². The third-order valence-corrected chi connectivity index (χ3v) is 6.92. The van der Waals surface area contributed by atoms with Crippen molar-refractivity contribution in [3.63, 3.8) is 0 Å². The van der Waals surface area contributed by atoms with E-state index in [-0.39, 0.29) is 29.6 Å². The van der Waals surface area contributed by atoms with Gasteiger partial charge in [0.25, 0.3) is 0 Å². The summed E-state index contributed by atoms with van der Waals surface area (Å²) in [5.74, 6) is 0.159. The van der Waals surface area contributed by atoms with E-state index in [4.69, 9.17) is 21.1 Å². The minimum atomic E-state index is -3.63. The van der Waals surface area contributed by atoms with Crippen LogP contribution in [0.5, 0.6) is 5.75 Å². The van der Waals surface area contributed by atoms with E-state index in [2.05, 4.69) is 10.6 Å². The van der Waals surface area contributed by atoms with Gasteiger partial charge in [0.15, 0.2) is 5.75 Å². The maximum atomic E-state index is 12.9. The molecule has 2 N–H and O–H groups in total.